The Morgan fingerprint density at radius 1 is 0.739 bits per heavy atom. The maximum absolute atomic E-state index is 10.2. The highest BCUT2D eigenvalue weighted by Gasteiger charge is 1.96. The number of hydrogen-bond donors (Lipinski definition) is 2. The first-order valence-corrected chi connectivity index (χ1v) is 8.13. The van der Waals surface area contributed by atoms with Crippen molar-refractivity contribution in [1.29, 1.82) is 0 Å². The molecule has 0 aliphatic carbocycles. The van der Waals surface area contributed by atoms with Crippen molar-refractivity contribution in [2.24, 2.45) is 0 Å². The molecular weight excluding hydrogens is 288 g/mol. The third-order valence-corrected chi connectivity index (χ3v) is 3.42. The molecule has 2 aromatic rings. The van der Waals surface area contributed by atoms with E-state index in [0.29, 0.717) is 6.61 Å². The normalized spacial score (nSPS) is 9.78. The van der Waals surface area contributed by atoms with Crippen molar-refractivity contribution < 1.29 is 15.0 Å². The van der Waals surface area contributed by atoms with E-state index in [1.54, 1.807) is 0 Å². The lowest BCUT2D eigenvalue weighted by atomic mass is 10.1. The van der Waals surface area contributed by atoms with Crippen LogP contribution in [-0.2, 0) is 17.6 Å². The Labute approximate surface area is 138 Å². The molecule has 0 saturated heterocycles. The van der Waals surface area contributed by atoms with E-state index in [1.807, 2.05) is 48.5 Å². The Hall–Kier alpha value is -2.13. The zero-order valence-corrected chi connectivity index (χ0v) is 13.5. The first-order valence-electron chi connectivity index (χ1n) is 8.13. The number of aliphatic hydroxyl groups is 1. The summed E-state index contributed by atoms with van der Waals surface area (Å²) >= 11 is 0. The van der Waals surface area contributed by atoms with Crippen molar-refractivity contribution in [3.63, 3.8) is 0 Å². The van der Waals surface area contributed by atoms with Gasteiger partial charge in [0.1, 0.15) is 0 Å². The molecule has 0 aromatic heterocycles. The van der Waals surface area contributed by atoms with Crippen LogP contribution in [0.1, 0.15) is 36.8 Å². The van der Waals surface area contributed by atoms with Gasteiger partial charge in [-0.3, -0.25) is 4.79 Å². The van der Waals surface area contributed by atoms with E-state index in [-0.39, 0.29) is 6.42 Å². The summed E-state index contributed by atoms with van der Waals surface area (Å²) in [6, 6.07) is 20.3. The van der Waals surface area contributed by atoms with Gasteiger partial charge >= 0.3 is 5.97 Å². The molecule has 0 aliphatic heterocycles. The predicted octanol–water partition coefficient (Wildman–Crippen LogP) is 4.10. The maximum atomic E-state index is 10.2. The summed E-state index contributed by atoms with van der Waals surface area (Å²) in [6.07, 6.45) is 4.91. The van der Waals surface area contributed by atoms with Crippen LogP contribution in [0.3, 0.4) is 0 Å². The van der Waals surface area contributed by atoms with E-state index in [1.165, 1.54) is 11.1 Å². The summed E-state index contributed by atoms with van der Waals surface area (Å²) in [4.78, 5) is 10.2. The number of aliphatic hydroxyl groups excluding tert-OH is 1. The van der Waals surface area contributed by atoms with Crippen molar-refractivity contribution in [2.75, 3.05) is 6.61 Å². The Morgan fingerprint density at radius 3 is 1.65 bits per heavy atom. The molecule has 3 heteroatoms. The molecule has 124 valence electrons. The van der Waals surface area contributed by atoms with Crippen molar-refractivity contribution in [3.05, 3.63) is 71.8 Å². The second-order valence-corrected chi connectivity index (χ2v) is 5.40. The first kappa shape index (κ1) is 18.9. The lowest BCUT2D eigenvalue weighted by molar-refractivity contribution is -0.137. The Kier molecular flexibility index (Phi) is 10.2. The van der Waals surface area contributed by atoms with Crippen molar-refractivity contribution in [3.8, 4) is 0 Å². The standard InChI is InChI=1S/C10H12O2.C10H14O/c11-10(12)8-4-7-9-5-2-1-3-6-9;11-9-5-4-8-10-6-2-1-3-7-10/h1-3,5-6H,4,7-8H2,(H,11,12);1-3,6-7,11H,4-5,8-9H2. The van der Waals surface area contributed by atoms with E-state index in [9.17, 15) is 4.79 Å². The number of aliphatic carboxylic acids is 1. The fraction of sp³-hybridized carbons (Fsp3) is 0.350. The molecule has 0 aliphatic rings. The molecular formula is C20H26O3. The number of carbonyl (C=O) groups is 1. The monoisotopic (exact) mass is 314 g/mol. The van der Waals surface area contributed by atoms with Gasteiger partial charge in [-0.15, -0.1) is 0 Å². The van der Waals surface area contributed by atoms with Crippen LogP contribution in [0.2, 0.25) is 0 Å². The molecule has 0 atom stereocenters. The number of rotatable bonds is 8. The van der Waals surface area contributed by atoms with Gasteiger partial charge in [-0.1, -0.05) is 60.7 Å². The number of carboxylic acids is 1. The summed E-state index contributed by atoms with van der Waals surface area (Å²) in [6.45, 7) is 0.312. The van der Waals surface area contributed by atoms with Gasteiger partial charge in [0.2, 0.25) is 0 Å². The van der Waals surface area contributed by atoms with Crippen LogP contribution in [0.25, 0.3) is 0 Å². The zero-order valence-electron chi connectivity index (χ0n) is 13.5. The molecule has 0 amide bonds. The van der Waals surface area contributed by atoms with Gasteiger partial charge in [0.25, 0.3) is 0 Å². The quantitative estimate of drug-likeness (QED) is 0.721. The molecule has 23 heavy (non-hydrogen) atoms. The molecule has 2 N–H and O–H groups in total. The molecule has 0 spiro atoms. The molecule has 0 bridgehead atoms. The third-order valence-electron chi connectivity index (χ3n) is 3.42. The molecule has 0 radical (unpaired) electrons. The number of unbranched alkanes of at least 4 members (excludes halogenated alkanes) is 1. The predicted molar refractivity (Wildman–Crippen MR) is 93.5 cm³/mol. The Morgan fingerprint density at radius 2 is 1.22 bits per heavy atom. The van der Waals surface area contributed by atoms with Crippen molar-refractivity contribution in [1.82, 2.24) is 0 Å². The molecule has 0 heterocycles. The summed E-state index contributed by atoms with van der Waals surface area (Å²) in [5.74, 6) is -0.717. The second kappa shape index (κ2) is 12.4. The third kappa shape index (κ3) is 10.3. The summed E-state index contributed by atoms with van der Waals surface area (Å²) in [7, 11) is 0. The Bertz CT molecular complexity index is 523. The number of hydrogen-bond acceptors (Lipinski definition) is 2. The number of benzene rings is 2. The molecule has 2 aromatic carbocycles. The van der Waals surface area contributed by atoms with E-state index in [0.717, 1.165) is 32.1 Å². The van der Waals surface area contributed by atoms with Crippen molar-refractivity contribution in [2.45, 2.75) is 38.5 Å². The van der Waals surface area contributed by atoms with Crippen LogP contribution in [0, 0.1) is 0 Å². The lowest BCUT2D eigenvalue weighted by Crippen LogP contribution is -1.95. The van der Waals surface area contributed by atoms with Gasteiger partial charge in [0, 0.05) is 13.0 Å². The highest BCUT2D eigenvalue weighted by atomic mass is 16.4. The minimum Gasteiger partial charge on any atom is -0.481 e. The largest absolute Gasteiger partial charge is 0.481 e. The van der Waals surface area contributed by atoms with Crippen LogP contribution in [0.15, 0.2) is 60.7 Å². The van der Waals surface area contributed by atoms with Crippen LogP contribution >= 0.6 is 0 Å². The minimum atomic E-state index is -0.717. The maximum Gasteiger partial charge on any atom is 0.303 e. The minimum absolute atomic E-state index is 0.259. The van der Waals surface area contributed by atoms with E-state index in [4.69, 9.17) is 10.2 Å². The summed E-state index contributed by atoms with van der Waals surface area (Å²) in [5, 5.41) is 16.9. The number of aryl methyl sites for hydroxylation is 2. The smallest absolute Gasteiger partial charge is 0.303 e. The van der Waals surface area contributed by atoms with Gasteiger partial charge < -0.3 is 10.2 Å². The fourth-order valence-corrected chi connectivity index (χ4v) is 2.17. The summed E-state index contributed by atoms with van der Waals surface area (Å²) in [5.41, 5.74) is 2.57. The second-order valence-electron chi connectivity index (χ2n) is 5.40. The van der Waals surface area contributed by atoms with Crippen LogP contribution in [-0.4, -0.2) is 22.8 Å². The Balaban J connectivity index is 0.000000231. The topological polar surface area (TPSA) is 57.5 Å². The first-order chi connectivity index (χ1) is 11.2. The van der Waals surface area contributed by atoms with Gasteiger partial charge in [-0.05, 0) is 43.2 Å². The average molecular weight is 314 g/mol. The zero-order chi connectivity index (χ0) is 16.8. The SMILES string of the molecule is O=C(O)CCCc1ccccc1.OCCCCc1ccccc1. The highest BCUT2D eigenvalue weighted by molar-refractivity contribution is 5.66. The molecule has 0 saturated carbocycles. The van der Waals surface area contributed by atoms with E-state index in [2.05, 4.69) is 12.1 Å². The molecule has 2 rings (SSSR count). The van der Waals surface area contributed by atoms with Crippen molar-refractivity contribution >= 4 is 5.97 Å². The fourth-order valence-electron chi connectivity index (χ4n) is 2.17. The average Bonchev–Trinajstić information content (AvgIpc) is 2.57. The van der Waals surface area contributed by atoms with Gasteiger partial charge in [0.15, 0.2) is 0 Å². The van der Waals surface area contributed by atoms with Gasteiger partial charge in [-0.25, -0.2) is 0 Å². The highest BCUT2D eigenvalue weighted by Crippen LogP contribution is 2.04. The number of carboxylic acid groups (broad SMARTS) is 1. The van der Waals surface area contributed by atoms with Crippen LogP contribution in [0.4, 0.5) is 0 Å². The molecule has 0 unspecified atom stereocenters. The molecule has 3 nitrogen and oxygen atoms in total. The van der Waals surface area contributed by atoms with Gasteiger partial charge in [-0.2, -0.15) is 0 Å². The van der Waals surface area contributed by atoms with E-state index < -0.39 is 5.97 Å². The molecule has 0 fully saturated rings. The van der Waals surface area contributed by atoms with Crippen LogP contribution < -0.4 is 0 Å². The summed E-state index contributed by atoms with van der Waals surface area (Å²) < 4.78 is 0. The van der Waals surface area contributed by atoms with Crippen LogP contribution in [0.5, 0.6) is 0 Å². The van der Waals surface area contributed by atoms with E-state index >= 15 is 0 Å². The lowest BCUT2D eigenvalue weighted by Gasteiger charge is -1.97. The van der Waals surface area contributed by atoms with Gasteiger partial charge in [0.05, 0.1) is 0 Å².